The van der Waals surface area contributed by atoms with Crippen LogP contribution in [0.1, 0.15) is 78.8 Å². The first kappa shape index (κ1) is 23.5. The first-order valence-electron chi connectivity index (χ1n) is 11.3. The Bertz CT molecular complexity index is 740. The smallest absolute Gasteiger partial charge is 0.125 e. The molecule has 0 aliphatic heterocycles. The van der Waals surface area contributed by atoms with Gasteiger partial charge in [-0.1, -0.05) is 62.9 Å². The molecule has 0 fully saturated rings. The highest BCUT2D eigenvalue weighted by Gasteiger charge is 2.12. The van der Waals surface area contributed by atoms with E-state index in [1.807, 2.05) is 12.1 Å². The van der Waals surface area contributed by atoms with Crippen LogP contribution in [0.4, 0.5) is 0 Å². The van der Waals surface area contributed by atoms with Gasteiger partial charge in [0.05, 0.1) is 13.2 Å². The number of aliphatic hydroxyl groups is 1. The summed E-state index contributed by atoms with van der Waals surface area (Å²) >= 11 is 0. The molecule has 2 heteroatoms. The maximum absolute atomic E-state index is 9.35. The Morgan fingerprint density at radius 2 is 1.45 bits per heavy atom. The molecule has 0 radical (unpaired) electrons. The van der Waals surface area contributed by atoms with Gasteiger partial charge in [0, 0.05) is 0 Å². The molecule has 0 heterocycles. The Morgan fingerprint density at radius 1 is 0.793 bits per heavy atom. The number of aliphatic hydroxyl groups excluding tert-OH is 1. The SMILES string of the molecule is CCCCC[C@H](CCCOc1c(C)cc(CO)cc1C)Cc1ccc(C)c(C)c1. The highest BCUT2D eigenvalue weighted by atomic mass is 16.5. The number of aryl methyl sites for hydroxylation is 4. The zero-order chi connectivity index (χ0) is 21.2. The van der Waals surface area contributed by atoms with Crippen molar-refractivity contribution in [3.63, 3.8) is 0 Å². The fraction of sp³-hybridized carbons (Fsp3) is 0.556. The zero-order valence-electron chi connectivity index (χ0n) is 19.2. The van der Waals surface area contributed by atoms with Crippen LogP contribution in [0.15, 0.2) is 30.3 Å². The Kier molecular flexibility index (Phi) is 9.73. The molecule has 0 aliphatic carbocycles. The molecule has 2 aromatic carbocycles. The molecule has 0 saturated carbocycles. The lowest BCUT2D eigenvalue weighted by molar-refractivity contribution is 0.277. The van der Waals surface area contributed by atoms with E-state index in [0.29, 0.717) is 0 Å². The van der Waals surface area contributed by atoms with E-state index in [4.69, 9.17) is 4.74 Å². The summed E-state index contributed by atoms with van der Waals surface area (Å²) in [6.07, 6.45) is 8.72. The predicted molar refractivity (Wildman–Crippen MR) is 124 cm³/mol. The van der Waals surface area contributed by atoms with Crippen molar-refractivity contribution in [1.29, 1.82) is 0 Å². The van der Waals surface area contributed by atoms with Gasteiger partial charge in [0.15, 0.2) is 0 Å². The second-order valence-electron chi connectivity index (χ2n) is 8.69. The predicted octanol–water partition coefficient (Wildman–Crippen LogP) is 7.01. The highest BCUT2D eigenvalue weighted by molar-refractivity contribution is 5.43. The number of hydrogen-bond acceptors (Lipinski definition) is 2. The topological polar surface area (TPSA) is 29.5 Å². The molecule has 29 heavy (non-hydrogen) atoms. The van der Waals surface area contributed by atoms with E-state index in [1.165, 1.54) is 55.2 Å². The van der Waals surface area contributed by atoms with E-state index in [9.17, 15) is 5.11 Å². The van der Waals surface area contributed by atoms with E-state index >= 15 is 0 Å². The van der Waals surface area contributed by atoms with Crippen LogP contribution in [0.3, 0.4) is 0 Å². The molecule has 0 bridgehead atoms. The van der Waals surface area contributed by atoms with Gasteiger partial charge in [-0.05, 0) is 86.3 Å². The first-order chi connectivity index (χ1) is 13.9. The Morgan fingerprint density at radius 3 is 2.07 bits per heavy atom. The molecule has 2 nitrogen and oxygen atoms in total. The van der Waals surface area contributed by atoms with Crippen molar-refractivity contribution in [2.24, 2.45) is 5.92 Å². The molecule has 1 atom stereocenters. The second kappa shape index (κ2) is 12.0. The Labute approximate surface area is 178 Å². The minimum Gasteiger partial charge on any atom is -0.493 e. The first-order valence-corrected chi connectivity index (χ1v) is 11.3. The van der Waals surface area contributed by atoms with Gasteiger partial charge in [-0.2, -0.15) is 0 Å². The van der Waals surface area contributed by atoms with Gasteiger partial charge >= 0.3 is 0 Å². The number of unbranched alkanes of at least 4 members (excludes halogenated alkanes) is 2. The van der Waals surface area contributed by atoms with E-state index in [2.05, 4.69) is 52.8 Å². The van der Waals surface area contributed by atoms with Gasteiger partial charge in [0.25, 0.3) is 0 Å². The summed E-state index contributed by atoms with van der Waals surface area (Å²) in [6.45, 7) is 11.7. The molecule has 0 unspecified atom stereocenters. The third kappa shape index (κ3) is 7.51. The van der Waals surface area contributed by atoms with E-state index in [0.717, 1.165) is 41.4 Å². The monoisotopic (exact) mass is 396 g/mol. The number of benzene rings is 2. The normalized spacial score (nSPS) is 12.2. The van der Waals surface area contributed by atoms with Gasteiger partial charge < -0.3 is 9.84 Å². The summed E-state index contributed by atoms with van der Waals surface area (Å²) in [5, 5.41) is 9.35. The lowest BCUT2D eigenvalue weighted by Crippen LogP contribution is -2.09. The Balaban J connectivity index is 1.91. The molecule has 0 aliphatic rings. The molecule has 0 spiro atoms. The summed E-state index contributed by atoms with van der Waals surface area (Å²) in [6, 6.07) is 11.0. The van der Waals surface area contributed by atoms with Crippen LogP contribution in [0, 0.1) is 33.6 Å². The van der Waals surface area contributed by atoms with Crippen LogP contribution >= 0.6 is 0 Å². The molecule has 2 rings (SSSR count). The number of rotatable bonds is 12. The maximum Gasteiger partial charge on any atom is 0.125 e. The van der Waals surface area contributed by atoms with Gasteiger partial charge in [-0.3, -0.25) is 0 Å². The van der Waals surface area contributed by atoms with Crippen molar-refractivity contribution in [2.45, 2.75) is 86.2 Å². The standard InChI is InChI=1S/C27H40O2/c1-6-7-8-10-24(18-25-13-12-20(2)21(3)15-25)11-9-14-29-27-22(4)16-26(19-28)17-23(27)5/h12-13,15-17,24,28H,6-11,14,18-19H2,1-5H3/t24-/m1/s1. The molecular formula is C27H40O2. The van der Waals surface area contributed by atoms with Crippen molar-refractivity contribution in [3.8, 4) is 5.75 Å². The van der Waals surface area contributed by atoms with Crippen molar-refractivity contribution in [2.75, 3.05) is 6.61 Å². The van der Waals surface area contributed by atoms with E-state index < -0.39 is 0 Å². The summed E-state index contributed by atoms with van der Waals surface area (Å²) in [5.41, 5.74) is 7.43. The fourth-order valence-corrected chi connectivity index (χ4v) is 4.20. The quantitative estimate of drug-likeness (QED) is 0.391. The summed E-state index contributed by atoms with van der Waals surface area (Å²) in [7, 11) is 0. The van der Waals surface area contributed by atoms with Crippen molar-refractivity contribution in [1.82, 2.24) is 0 Å². The average Bonchev–Trinajstić information content (AvgIpc) is 2.69. The molecule has 1 N–H and O–H groups in total. The second-order valence-corrected chi connectivity index (χ2v) is 8.69. The Hall–Kier alpha value is -1.80. The third-order valence-corrected chi connectivity index (χ3v) is 6.02. The van der Waals surface area contributed by atoms with Crippen LogP contribution in [0.25, 0.3) is 0 Å². The average molecular weight is 397 g/mol. The van der Waals surface area contributed by atoms with Crippen LogP contribution in [-0.2, 0) is 13.0 Å². The summed E-state index contributed by atoms with van der Waals surface area (Å²) in [5.74, 6) is 1.71. The number of ether oxygens (including phenoxy) is 1. The minimum absolute atomic E-state index is 0.0832. The van der Waals surface area contributed by atoms with Gasteiger partial charge in [-0.25, -0.2) is 0 Å². The summed E-state index contributed by atoms with van der Waals surface area (Å²) in [4.78, 5) is 0. The van der Waals surface area contributed by atoms with E-state index in [1.54, 1.807) is 0 Å². The maximum atomic E-state index is 9.35. The summed E-state index contributed by atoms with van der Waals surface area (Å²) < 4.78 is 6.15. The molecule has 0 saturated heterocycles. The molecule has 0 amide bonds. The van der Waals surface area contributed by atoms with Crippen LogP contribution < -0.4 is 4.74 Å². The molecule has 160 valence electrons. The zero-order valence-corrected chi connectivity index (χ0v) is 19.2. The highest BCUT2D eigenvalue weighted by Crippen LogP contribution is 2.26. The van der Waals surface area contributed by atoms with E-state index in [-0.39, 0.29) is 6.61 Å². The molecular weight excluding hydrogens is 356 g/mol. The number of hydrogen-bond donors (Lipinski definition) is 1. The van der Waals surface area contributed by atoms with Gasteiger partial charge in [0.1, 0.15) is 5.75 Å². The fourth-order valence-electron chi connectivity index (χ4n) is 4.20. The van der Waals surface area contributed by atoms with Crippen molar-refractivity contribution in [3.05, 3.63) is 63.7 Å². The van der Waals surface area contributed by atoms with Gasteiger partial charge in [0.2, 0.25) is 0 Å². The minimum atomic E-state index is 0.0832. The van der Waals surface area contributed by atoms with Crippen LogP contribution in [0.2, 0.25) is 0 Å². The van der Waals surface area contributed by atoms with Crippen LogP contribution in [0.5, 0.6) is 5.75 Å². The lowest BCUT2D eigenvalue weighted by Gasteiger charge is -2.19. The third-order valence-electron chi connectivity index (χ3n) is 6.02. The van der Waals surface area contributed by atoms with Crippen molar-refractivity contribution >= 4 is 0 Å². The van der Waals surface area contributed by atoms with Crippen LogP contribution in [-0.4, -0.2) is 11.7 Å². The molecule has 0 aromatic heterocycles. The lowest BCUT2D eigenvalue weighted by atomic mass is 9.89. The molecule has 2 aromatic rings. The van der Waals surface area contributed by atoms with Crippen molar-refractivity contribution < 1.29 is 9.84 Å². The van der Waals surface area contributed by atoms with Gasteiger partial charge in [-0.15, -0.1) is 0 Å². The largest absolute Gasteiger partial charge is 0.493 e.